The van der Waals surface area contributed by atoms with Crippen molar-refractivity contribution in [3.8, 4) is 11.3 Å². The van der Waals surface area contributed by atoms with Crippen molar-refractivity contribution in [1.29, 1.82) is 0 Å². The lowest BCUT2D eigenvalue weighted by atomic mass is 10.1. The monoisotopic (exact) mass is 259 g/mol. The fourth-order valence-corrected chi connectivity index (χ4v) is 2.14. The number of ether oxygens (including phenoxy) is 2. The molecule has 0 N–H and O–H groups in total. The molecule has 0 radical (unpaired) electrons. The fourth-order valence-electron chi connectivity index (χ4n) is 2.14. The van der Waals surface area contributed by atoms with E-state index < -0.39 is 0 Å². The van der Waals surface area contributed by atoms with E-state index in [1.165, 1.54) is 0 Å². The molecule has 1 atom stereocenters. The van der Waals surface area contributed by atoms with Crippen LogP contribution >= 0.6 is 0 Å². The molecule has 0 bridgehead atoms. The van der Waals surface area contributed by atoms with Crippen LogP contribution in [0.1, 0.15) is 25.0 Å². The van der Waals surface area contributed by atoms with Crippen LogP contribution in [0, 0.1) is 0 Å². The molecule has 19 heavy (non-hydrogen) atoms. The molecule has 0 amide bonds. The summed E-state index contributed by atoms with van der Waals surface area (Å²) in [7, 11) is 0. The minimum absolute atomic E-state index is 0.0981. The van der Waals surface area contributed by atoms with Crippen molar-refractivity contribution in [3.63, 3.8) is 0 Å². The quantitative estimate of drug-likeness (QED) is 0.844. The number of rotatable bonds is 4. The molecule has 1 aromatic carbocycles. The Morgan fingerprint density at radius 2 is 2.11 bits per heavy atom. The average molecular weight is 259 g/mol. The summed E-state index contributed by atoms with van der Waals surface area (Å²) in [4.78, 5) is 0. The van der Waals surface area contributed by atoms with Gasteiger partial charge in [-0.25, -0.2) is 0 Å². The molecule has 1 saturated heterocycles. The first kappa shape index (κ1) is 12.4. The van der Waals surface area contributed by atoms with E-state index in [4.69, 9.17) is 14.0 Å². The Balaban J connectivity index is 1.59. The Morgan fingerprint density at radius 1 is 1.21 bits per heavy atom. The molecule has 0 aliphatic carbocycles. The Labute approximate surface area is 112 Å². The van der Waals surface area contributed by atoms with Gasteiger partial charge in [-0.2, -0.15) is 0 Å². The van der Waals surface area contributed by atoms with E-state index in [9.17, 15) is 0 Å². The SMILES string of the molecule is c1ccc(-c2cc(COC3CCCCO3)on2)cc1. The zero-order valence-electron chi connectivity index (χ0n) is 10.7. The number of nitrogens with zero attached hydrogens (tertiary/aromatic N) is 1. The highest BCUT2D eigenvalue weighted by molar-refractivity contribution is 5.58. The highest BCUT2D eigenvalue weighted by Gasteiger charge is 2.15. The third-order valence-electron chi connectivity index (χ3n) is 3.18. The second-order valence-electron chi connectivity index (χ2n) is 4.65. The second-order valence-corrected chi connectivity index (χ2v) is 4.65. The first-order chi connectivity index (χ1) is 9.42. The Kier molecular flexibility index (Phi) is 3.91. The number of hydrogen-bond donors (Lipinski definition) is 0. The van der Waals surface area contributed by atoms with Crippen LogP contribution in [0.3, 0.4) is 0 Å². The molecule has 1 unspecified atom stereocenters. The molecule has 0 spiro atoms. The molecule has 4 heteroatoms. The summed E-state index contributed by atoms with van der Waals surface area (Å²) in [5.41, 5.74) is 1.88. The molecular weight excluding hydrogens is 242 g/mol. The van der Waals surface area contributed by atoms with Gasteiger partial charge in [-0.05, 0) is 19.3 Å². The van der Waals surface area contributed by atoms with Gasteiger partial charge >= 0.3 is 0 Å². The van der Waals surface area contributed by atoms with Crippen molar-refractivity contribution in [2.75, 3.05) is 6.61 Å². The van der Waals surface area contributed by atoms with E-state index in [0.717, 1.165) is 42.9 Å². The number of benzene rings is 1. The molecule has 4 nitrogen and oxygen atoms in total. The third-order valence-corrected chi connectivity index (χ3v) is 3.18. The van der Waals surface area contributed by atoms with Gasteiger partial charge in [0, 0.05) is 18.2 Å². The maximum atomic E-state index is 5.66. The van der Waals surface area contributed by atoms with Gasteiger partial charge in [-0.1, -0.05) is 35.5 Å². The minimum atomic E-state index is -0.0981. The van der Waals surface area contributed by atoms with E-state index in [2.05, 4.69) is 5.16 Å². The lowest BCUT2D eigenvalue weighted by molar-refractivity contribution is -0.171. The molecule has 2 aromatic rings. The van der Waals surface area contributed by atoms with Crippen LogP contribution in [0.5, 0.6) is 0 Å². The van der Waals surface area contributed by atoms with Gasteiger partial charge in [0.15, 0.2) is 12.1 Å². The van der Waals surface area contributed by atoms with Gasteiger partial charge in [0.25, 0.3) is 0 Å². The maximum absolute atomic E-state index is 5.66. The summed E-state index contributed by atoms with van der Waals surface area (Å²) in [5, 5.41) is 4.05. The molecule has 1 aliphatic heterocycles. The highest BCUT2D eigenvalue weighted by Crippen LogP contribution is 2.20. The molecule has 0 saturated carbocycles. The van der Waals surface area contributed by atoms with E-state index in [0.29, 0.717) is 6.61 Å². The predicted octanol–water partition coefficient (Wildman–Crippen LogP) is 3.38. The van der Waals surface area contributed by atoms with Gasteiger partial charge in [0.05, 0.1) is 0 Å². The van der Waals surface area contributed by atoms with Gasteiger partial charge in [0.1, 0.15) is 12.3 Å². The van der Waals surface area contributed by atoms with E-state index in [1.807, 2.05) is 36.4 Å². The standard InChI is InChI=1S/C15H17NO3/c1-2-6-12(7-3-1)14-10-13(19-16-14)11-18-15-8-4-5-9-17-15/h1-3,6-7,10,15H,4-5,8-9,11H2. The lowest BCUT2D eigenvalue weighted by Crippen LogP contribution is -2.21. The molecule has 1 aliphatic rings. The normalized spacial score (nSPS) is 19.5. The van der Waals surface area contributed by atoms with Crippen LogP contribution in [-0.4, -0.2) is 18.1 Å². The van der Waals surface area contributed by atoms with E-state index in [-0.39, 0.29) is 6.29 Å². The van der Waals surface area contributed by atoms with Crippen molar-refractivity contribution in [2.45, 2.75) is 32.2 Å². The fraction of sp³-hybridized carbons (Fsp3) is 0.400. The molecule has 2 heterocycles. The van der Waals surface area contributed by atoms with Crippen molar-refractivity contribution >= 4 is 0 Å². The summed E-state index contributed by atoms with van der Waals surface area (Å²) in [6, 6.07) is 11.9. The summed E-state index contributed by atoms with van der Waals surface area (Å²) < 4.78 is 16.4. The number of aromatic nitrogens is 1. The molecular formula is C15H17NO3. The van der Waals surface area contributed by atoms with E-state index >= 15 is 0 Å². The first-order valence-corrected chi connectivity index (χ1v) is 6.66. The van der Waals surface area contributed by atoms with Crippen LogP contribution < -0.4 is 0 Å². The Morgan fingerprint density at radius 3 is 2.89 bits per heavy atom. The van der Waals surface area contributed by atoms with Crippen molar-refractivity contribution in [2.24, 2.45) is 0 Å². The Bertz CT molecular complexity index is 503. The van der Waals surface area contributed by atoms with Crippen LogP contribution in [-0.2, 0) is 16.1 Å². The van der Waals surface area contributed by atoms with Gasteiger partial charge in [0.2, 0.25) is 0 Å². The van der Waals surface area contributed by atoms with Crippen LogP contribution in [0.2, 0.25) is 0 Å². The molecule has 1 aromatic heterocycles. The second kappa shape index (κ2) is 5.99. The van der Waals surface area contributed by atoms with Crippen molar-refractivity contribution < 1.29 is 14.0 Å². The Hall–Kier alpha value is -1.65. The number of hydrogen-bond acceptors (Lipinski definition) is 4. The third kappa shape index (κ3) is 3.22. The van der Waals surface area contributed by atoms with Gasteiger partial charge < -0.3 is 14.0 Å². The van der Waals surface area contributed by atoms with Gasteiger partial charge in [-0.15, -0.1) is 0 Å². The molecule has 1 fully saturated rings. The predicted molar refractivity (Wildman–Crippen MR) is 70.3 cm³/mol. The maximum Gasteiger partial charge on any atom is 0.163 e. The van der Waals surface area contributed by atoms with Crippen molar-refractivity contribution in [1.82, 2.24) is 5.16 Å². The zero-order chi connectivity index (χ0) is 12.9. The average Bonchev–Trinajstić information content (AvgIpc) is 2.96. The molecule has 100 valence electrons. The molecule has 3 rings (SSSR count). The van der Waals surface area contributed by atoms with E-state index in [1.54, 1.807) is 0 Å². The first-order valence-electron chi connectivity index (χ1n) is 6.66. The van der Waals surface area contributed by atoms with Crippen LogP contribution in [0.15, 0.2) is 40.9 Å². The topological polar surface area (TPSA) is 44.5 Å². The minimum Gasteiger partial charge on any atom is -0.358 e. The van der Waals surface area contributed by atoms with Crippen molar-refractivity contribution in [3.05, 3.63) is 42.2 Å². The van der Waals surface area contributed by atoms with Gasteiger partial charge in [-0.3, -0.25) is 0 Å². The van der Waals surface area contributed by atoms with Crippen LogP contribution in [0.25, 0.3) is 11.3 Å². The summed E-state index contributed by atoms with van der Waals surface area (Å²) >= 11 is 0. The van der Waals surface area contributed by atoms with Crippen LogP contribution in [0.4, 0.5) is 0 Å². The summed E-state index contributed by atoms with van der Waals surface area (Å²) in [6.07, 6.45) is 3.15. The lowest BCUT2D eigenvalue weighted by Gasteiger charge is -2.21. The largest absolute Gasteiger partial charge is 0.358 e. The highest BCUT2D eigenvalue weighted by atomic mass is 16.7. The summed E-state index contributed by atoms with van der Waals surface area (Å²) in [5.74, 6) is 0.730. The summed E-state index contributed by atoms with van der Waals surface area (Å²) in [6.45, 7) is 1.20. The zero-order valence-corrected chi connectivity index (χ0v) is 10.7. The smallest absolute Gasteiger partial charge is 0.163 e.